The van der Waals surface area contributed by atoms with E-state index >= 15 is 0 Å². The monoisotopic (exact) mass is 218 g/mol. The van der Waals surface area contributed by atoms with E-state index in [4.69, 9.17) is 4.42 Å². The van der Waals surface area contributed by atoms with E-state index in [1.165, 1.54) is 24.3 Å². The Labute approximate surface area is 91.9 Å². The minimum Gasteiger partial charge on any atom is -0.471 e. The fourth-order valence-corrected chi connectivity index (χ4v) is 2.09. The highest BCUT2D eigenvalue weighted by Gasteiger charge is 2.04. The van der Waals surface area contributed by atoms with Crippen LogP contribution < -0.4 is 5.43 Å². The van der Waals surface area contributed by atoms with Gasteiger partial charge in [0.25, 0.3) is 0 Å². The lowest BCUT2D eigenvalue weighted by atomic mass is 10.3. The Morgan fingerprint density at radius 3 is 2.60 bits per heavy atom. The molecular formula is C12H10O2S. The van der Waals surface area contributed by atoms with Crippen LogP contribution >= 0.6 is 11.8 Å². The van der Waals surface area contributed by atoms with Crippen molar-refractivity contribution < 1.29 is 4.42 Å². The molecule has 0 aliphatic carbocycles. The summed E-state index contributed by atoms with van der Waals surface area (Å²) >= 11 is 1.42. The normalized spacial score (nSPS) is 10.2. The molecule has 0 unspecified atom stereocenters. The molecule has 0 fully saturated rings. The van der Waals surface area contributed by atoms with Crippen molar-refractivity contribution in [2.45, 2.75) is 16.7 Å². The van der Waals surface area contributed by atoms with Crippen molar-refractivity contribution in [3.8, 4) is 0 Å². The van der Waals surface area contributed by atoms with Crippen LogP contribution in [0.3, 0.4) is 0 Å². The Balaban J connectivity index is 2.33. The van der Waals surface area contributed by atoms with Gasteiger partial charge in [-0.05, 0) is 19.1 Å². The molecule has 0 atom stereocenters. The molecule has 2 nitrogen and oxygen atoms in total. The molecule has 0 saturated heterocycles. The molecule has 76 valence electrons. The van der Waals surface area contributed by atoms with Gasteiger partial charge in [-0.25, -0.2) is 0 Å². The van der Waals surface area contributed by atoms with E-state index in [2.05, 4.69) is 0 Å². The number of hydrogen-bond acceptors (Lipinski definition) is 3. The first-order valence-corrected chi connectivity index (χ1v) is 5.39. The van der Waals surface area contributed by atoms with E-state index in [9.17, 15) is 4.79 Å². The van der Waals surface area contributed by atoms with Gasteiger partial charge in [-0.3, -0.25) is 4.79 Å². The van der Waals surface area contributed by atoms with Crippen LogP contribution in [0.1, 0.15) is 5.56 Å². The summed E-state index contributed by atoms with van der Waals surface area (Å²) in [7, 11) is 0. The van der Waals surface area contributed by atoms with Gasteiger partial charge in [0, 0.05) is 10.5 Å². The van der Waals surface area contributed by atoms with Crippen molar-refractivity contribution in [1.82, 2.24) is 0 Å². The predicted octanol–water partition coefficient (Wildman–Crippen LogP) is 3.10. The maximum atomic E-state index is 11.7. The summed E-state index contributed by atoms with van der Waals surface area (Å²) < 4.78 is 5.07. The van der Waals surface area contributed by atoms with Crippen LogP contribution in [0.25, 0.3) is 0 Å². The van der Waals surface area contributed by atoms with Crippen LogP contribution in [0.15, 0.2) is 61.9 Å². The third-order valence-electron chi connectivity index (χ3n) is 1.97. The second kappa shape index (κ2) is 4.36. The third-order valence-corrected chi connectivity index (χ3v) is 2.98. The van der Waals surface area contributed by atoms with E-state index in [0.717, 1.165) is 4.90 Å². The maximum absolute atomic E-state index is 11.7. The van der Waals surface area contributed by atoms with Crippen LogP contribution in [0, 0.1) is 6.92 Å². The van der Waals surface area contributed by atoms with Crippen LogP contribution in [-0.4, -0.2) is 0 Å². The van der Waals surface area contributed by atoms with Crippen molar-refractivity contribution in [2.75, 3.05) is 0 Å². The zero-order chi connectivity index (χ0) is 10.7. The Bertz CT molecular complexity index is 503. The van der Waals surface area contributed by atoms with E-state index in [-0.39, 0.29) is 5.43 Å². The fourth-order valence-electron chi connectivity index (χ4n) is 1.19. The quantitative estimate of drug-likeness (QED) is 0.775. The first-order valence-electron chi connectivity index (χ1n) is 4.57. The minimum absolute atomic E-state index is 0.0371. The smallest absolute Gasteiger partial charge is 0.201 e. The highest BCUT2D eigenvalue weighted by molar-refractivity contribution is 7.99. The minimum atomic E-state index is 0.0371. The average Bonchev–Trinajstić information content (AvgIpc) is 2.26. The maximum Gasteiger partial charge on any atom is 0.201 e. The molecule has 0 amide bonds. The lowest BCUT2D eigenvalue weighted by Gasteiger charge is -2.00. The summed E-state index contributed by atoms with van der Waals surface area (Å²) in [6, 6.07) is 9.77. The molecule has 2 aromatic rings. The van der Waals surface area contributed by atoms with Crippen LogP contribution in [0.4, 0.5) is 0 Å². The van der Waals surface area contributed by atoms with Gasteiger partial charge in [-0.2, -0.15) is 0 Å². The van der Waals surface area contributed by atoms with Crippen LogP contribution in [-0.2, 0) is 0 Å². The molecule has 0 aliphatic rings. The second-order valence-corrected chi connectivity index (χ2v) is 4.28. The summed E-state index contributed by atoms with van der Waals surface area (Å²) in [5.74, 6) is 0. The summed E-state index contributed by atoms with van der Waals surface area (Å²) in [6.07, 6.45) is 2.96. The first kappa shape index (κ1) is 10.1. The lowest BCUT2D eigenvalue weighted by Crippen LogP contribution is -2.05. The Hall–Kier alpha value is -1.48. The molecule has 0 N–H and O–H groups in total. The van der Waals surface area contributed by atoms with E-state index in [1.54, 1.807) is 6.92 Å². The third kappa shape index (κ3) is 2.30. The van der Waals surface area contributed by atoms with E-state index < -0.39 is 0 Å². The van der Waals surface area contributed by atoms with E-state index in [0.29, 0.717) is 10.5 Å². The van der Waals surface area contributed by atoms with Gasteiger partial charge in [0.1, 0.15) is 6.26 Å². The standard InChI is InChI=1S/C12H10O2S/c1-9-7-14-8-11(12(9)13)15-10-5-3-2-4-6-10/h2-8H,1H3. The van der Waals surface area contributed by atoms with Crippen LogP contribution in [0.2, 0.25) is 0 Å². The molecule has 2 rings (SSSR count). The van der Waals surface area contributed by atoms with Crippen molar-refractivity contribution in [3.63, 3.8) is 0 Å². The molecule has 3 heteroatoms. The molecular weight excluding hydrogens is 208 g/mol. The van der Waals surface area contributed by atoms with Crippen molar-refractivity contribution >= 4 is 11.8 Å². The predicted molar refractivity (Wildman–Crippen MR) is 60.3 cm³/mol. The molecule has 1 aromatic carbocycles. The van der Waals surface area contributed by atoms with Gasteiger partial charge < -0.3 is 4.42 Å². The number of hydrogen-bond donors (Lipinski definition) is 0. The highest BCUT2D eigenvalue weighted by Crippen LogP contribution is 2.24. The summed E-state index contributed by atoms with van der Waals surface area (Å²) in [5.41, 5.74) is 0.672. The van der Waals surface area contributed by atoms with Gasteiger partial charge >= 0.3 is 0 Å². The van der Waals surface area contributed by atoms with Crippen molar-refractivity contribution in [2.24, 2.45) is 0 Å². The molecule has 1 aromatic heterocycles. The number of aryl methyl sites for hydroxylation is 1. The summed E-state index contributed by atoms with van der Waals surface area (Å²) in [5, 5.41) is 0. The highest BCUT2D eigenvalue weighted by atomic mass is 32.2. The summed E-state index contributed by atoms with van der Waals surface area (Å²) in [6.45, 7) is 1.75. The second-order valence-electron chi connectivity index (χ2n) is 3.16. The van der Waals surface area contributed by atoms with Gasteiger partial charge in [-0.1, -0.05) is 30.0 Å². The Morgan fingerprint density at radius 1 is 1.13 bits per heavy atom. The SMILES string of the molecule is Cc1cocc(Sc2ccccc2)c1=O. The van der Waals surface area contributed by atoms with Crippen molar-refractivity contribution in [3.05, 3.63) is 58.6 Å². The topological polar surface area (TPSA) is 30.2 Å². The molecule has 0 bridgehead atoms. The molecule has 0 spiro atoms. The molecule has 15 heavy (non-hydrogen) atoms. The van der Waals surface area contributed by atoms with Gasteiger partial charge in [0.2, 0.25) is 5.43 Å². The number of rotatable bonds is 2. The Morgan fingerprint density at radius 2 is 1.87 bits per heavy atom. The average molecular weight is 218 g/mol. The molecule has 0 aliphatic heterocycles. The molecule has 0 saturated carbocycles. The Kier molecular flexibility index (Phi) is 2.92. The van der Waals surface area contributed by atoms with Crippen molar-refractivity contribution in [1.29, 1.82) is 0 Å². The molecule has 1 heterocycles. The van der Waals surface area contributed by atoms with Gasteiger partial charge in [0.15, 0.2) is 0 Å². The lowest BCUT2D eigenvalue weighted by molar-refractivity contribution is 0.529. The zero-order valence-corrected chi connectivity index (χ0v) is 9.08. The largest absolute Gasteiger partial charge is 0.471 e. The van der Waals surface area contributed by atoms with Crippen LogP contribution in [0.5, 0.6) is 0 Å². The van der Waals surface area contributed by atoms with Gasteiger partial charge in [0.05, 0.1) is 11.2 Å². The number of benzene rings is 1. The zero-order valence-electron chi connectivity index (χ0n) is 8.27. The summed E-state index contributed by atoms with van der Waals surface area (Å²) in [4.78, 5) is 13.4. The fraction of sp³-hybridized carbons (Fsp3) is 0.0833. The first-order chi connectivity index (χ1) is 7.27. The van der Waals surface area contributed by atoms with E-state index in [1.807, 2.05) is 30.3 Å². The molecule has 0 radical (unpaired) electrons. The van der Waals surface area contributed by atoms with Gasteiger partial charge in [-0.15, -0.1) is 0 Å².